The lowest BCUT2D eigenvalue weighted by atomic mass is 10.3. The second-order valence-corrected chi connectivity index (χ2v) is 3.87. The topological polar surface area (TPSA) is 22.0 Å². The summed E-state index contributed by atoms with van der Waals surface area (Å²) in [6.07, 6.45) is 2.45. The second-order valence-electron chi connectivity index (χ2n) is 3.02. The summed E-state index contributed by atoms with van der Waals surface area (Å²) in [5, 5.41) is 0. The van der Waals surface area contributed by atoms with Gasteiger partial charge in [-0.2, -0.15) is 0 Å². The van der Waals surface area contributed by atoms with Crippen LogP contribution in [0, 0.1) is 5.82 Å². The molecule has 1 heterocycles. The molecule has 15 heavy (non-hydrogen) atoms. The summed E-state index contributed by atoms with van der Waals surface area (Å²) in [5.74, 6) is -0.349. The molecule has 76 valence electrons. The van der Waals surface area contributed by atoms with Crippen molar-refractivity contribution < 1.29 is 9.18 Å². The summed E-state index contributed by atoms with van der Waals surface area (Å²) < 4.78 is 15.3. The molecule has 0 fully saturated rings. The van der Waals surface area contributed by atoms with Crippen LogP contribution in [-0.4, -0.2) is 10.9 Å². The highest BCUT2D eigenvalue weighted by atomic mass is 79.9. The maximum atomic E-state index is 13.3. The molecule has 0 amide bonds. The Balaban J connectivity index is 2.54. The van der Waals surface area contributed by atoms with Gasteiger partial charge >= 0.3 is 0 Å². The van der Waals surface area contributed by atoms with Gasteiger partial charge in [-0.05, 0) is 46.3 Å². The predicted molar refractivity (Wildman–Crippen MR) is 58.8 cm³/mol. The molecule has 0 aliphatic heterocycles. The standard InChI is InChI=1S/C11H7BrFNO/c12-10-4-3-8(6-11(10)13)14-5-1-2-9(14)7-15/h1-7H. The lowest BCUT2D eigenvalue weighted by Crippen LogP contribution is -1.97. The van der Waals surface area contributed by atoms with E-state index < -0.39 is 0 Å². The van der Waals surface area contributed by atoms with Gasteiger partial charge in [0.05, 0.1) is 10.2 Å². The van der Waals surface area contributed by atoms with Gasteiger partial charge in [0.15, 0.2) is 6.29 Å². The maximum absolute atomic E-state index is 13.3. The summed E-state index contributed by atoms with van der Waals surface area (Å²) in [7, 11) is 0. The smallest absolute Gasteiger partial charge is 0.166 e. The minimum Gasteiger partial charge on any atom is -0.314 e. The van der Waals surface area contributed by atoms with Crippen LogP contribution < -0.4 is 0 Å². The zero-order valence-corrected chi connectivity index (χ0v) is 9.24. The predicted octanol–water partition coefficient (Wildman–Crippen LogP) is 3.19. The van der Waals surface area contributed by atoms with Crippen LogP contribution in [-0.2, 0) is 0 Å². The molecule has 0 atom stereocenters. The van der Waals surface area contributed by atoms with Gasteiger partial charge < -0.3 is 4.57 Å². The third kappa shape index (κ3) is 1.85. The Hall–Kier alpha value is -1.42. The van der Waals surface area contributed by atoms with E-state index in [0.717, 1.165) is 6.29 Å². The molecule has 2 nitrogen and oxygen atoms in total. The Morgan fingerprint density at radius 2 is 2.13 bits per heavy atom. The van der Waals surface area contributed by atoms with Gasteiger partial charge in [-0.15, -0.1) is 0 Å². The minimum atomic E-state index is -0.349. The summed E-state index contributed by atoms with van der Waals surface area (Å²) in [5.41, 5.74) is 1.12. The Kier molecular flexibility index (Phi) is 2.68. The van der Waals surface area contributed by atoms with Gasteiger partial charge in [0.2, 0.25) is 0 Å². The van der Waals surface area contributed by atoms with Crippen LogP contribution >= 0.6 is 15.9 Å². The molecule has 0 N–H and O–H groups in total. The van der Waals surface area contributed by atoms with E-state index in [1.807, 2.05) is 0 Å². The number of benzene rings is 1. The van der Waals surface area contributed by atoms with Crippen LogP contribution in [0.2, 0.25) is 0 Å². The number of nitrogens with zero attached hydrogens (tertiary/aromatic N) is 1. The minimum absolute atomic E-state index is 0.349. The van der Waals surface area contributed by atoms with Crippen LogP contribution in [0.15, 0.2) is 41.0 Å². The third-order valence-electron chi connectivity index (χ3n) is 2.08. The third-order valence-corrected chi connectivity index (χ3v) is 2.73. The number of aromatic nitrogens is 1. The van der Waals surface area contributed by atoms with Crippen LogP contribution in [0.5, 0.6) is 0 Å². The van der Waals surface area contributed by atoms with Gasteiger partial charge in [-0.25, -0.2) is 4.39 Å². The zero-order valence-electron chi connectivity index (χ0n) is 7.65. The first kappa shape index (κ1) is 10.1. The highest BCUT2D eigenvalue weighted by Crippen LogP contribution is 2.19. The Morgan fingerprint density at radius 1 is 1.33 bits per heavy atom. The van der Waals surface area contributed by atoms with Crippen molar-refractivity contribution in [2.75, 3.05) is 0 Å². The number of hydrogen-bond acceptors (Lipinski definition) is 1. The van der Waals surface area contributed by atoms with E-state index >= 15 is 0 Å². The monoisotopic (exact) mass is 267 g/mol. The van der Waals surface area contributed by atoms with Gasteiger partial charge in [0.1, 0.15) is 5.82 Å². The quantitative estimate of drug-likeness (QED) is 0.766. The van der Waals surface area contributed by atoms with E-state index in [2.05, 4.69) is 15.9 Å². The van der Waals surface area contributed by atoms with E-state index in [0.29, 0.717) is 15.9 Å². The molecule has 2 rings (SSSR count). The fraction of sp³-hybridized carbons (Fsp3) is 0. The number of aldehydes is 1. The molecule has 4 heteroatoms. The fourth-order valence-electron chi connectivity index (χ4n) is 1.36. The zero-order chi connectivity index (χ0) is 10.8. The highest BCUT2D eigenvalue weighted by molar-refractivity contribution is 9.10. The Morgan fingerprint density at radius 3 is 2.80 bits per heavy atom. The molecule has 1 aromatic heterocycles. The van der Waals surface area contributed by atoms with Gasteiger partial charge in [-0.1, -0.05) is 0 Å². The average Bonchev–Trinajstić information content (AvgIpc) is 2.70. The second kappa shape index (κ2) is 3.98. The normalized spacial score (nSPS) is 10.3. The molecular weight excluding hydrogens is 261 g/mol. The molecule has 2 aromatic rings. The van der Waals surface area contributed by atoms with Crippen LogP contribution in [0.25, 0.3) is 5.69 Å². The first-order valence-electron chi connectivity index (χ1n) is 4.30. The van der Waals surface area contributed by atoms with Crippen molar-refractivity contribution in [2.24, 2.45) is 0 Å². The van der Waals surface area contributed by atoms with Crippen LogP contribution in [0.3, 0.4) is 0 Å². The molecule has 0 aliphatic carbocycles. The molecule has 0 saturated heterocycles. The van der Waals surface area contributed by atoms with Crippen molar-refractivity contribution in [3.05, 3.63) is 52.5 Å². The molecule has 1 aromatic carbocycles. The largest absolute Gasteiger partial charge is 0.314 e. The van der Waals surface area contributed by atoms with Gasteiger partial charge in [0, 0.05) is 11.9 Å². The number of hydrogen-bond donors (Lipinski definition) is 0. The maximum Gasteiger partial charge on any atom is 0.166 e. The van der Waals surface area contributed by atoms with Crippen molar-refractivity contribution >= 4 is 22.2 Å². The molecular formula is C11H7BrFNO. The first-order valence-corrected chi connectivity index (χ1v) is 5.09. The number of carbonyl (C=O) groups excluding carboxylic acids is 1. The molecule has 0 saturated carbocycles. The van der Waals surface area contributed by atoms with Crippen molar-refractivity contribution in [3.8, 4) is 5.69 Å². The van der Waals surface area contributed by atoms with Gasteiger partial charge in [0.25, 0.3) is 0 Å². The Labute approximate surface area is 94.5 Å². The summed E-state index contributed by atoms with van der Waals surface area (Å²) in [6.45, 7) is 0. The van der Waals surface area contributed by atoms with Crippen LogP contribution in [0.4, 0.5) is 4.39 Å². The molecule has 0 spiro atoms. The summed E-state index contributed by atoms with van der Waals surface area (Å²) >= 11 is 3.07. The van der Waals surface area contributed by atoms with Crippen LogP contribution in [0.1, 0.15) is 10.5 Å². The SMILES string of the molecule is O=Cc1cccn1-c1ccc(Br)c(F)c1. The van der Waals surface area contributed by atoms with Crippen molar-refractivity contribution in [2.45, 2.75) is 0 Å². The number of rotatable bonds is 2. The fourth-order valence-corrected chi connectivity index (χ4v) is 1.61. The Bertz CT molecular complexity index is 507. The van der Waals surface area contributed by atoms with Crippen molar-refractivity contribution in [3.63, 3.8) is 0 Å². The summed E-state index contributed by atoms with van der Waals surface area (Å²) in [6, 6.07) is 8.13. The molecule has 0 aliphatic rings. The lowest BCUT2D eigenvalue weighted by Gasteiger charge is -2.05. The van der Waals surface area contributed by atoms with E-state index in [-0.39, 0.29) is 5.82 Å². The van der Waals surface area contributed by atoms with Crippen molar-refractivity contribution in [1.29, 1.82) is 0 Å². The molecule has 0 unspecified atom stereocenters. The number of halogens is 2. The average molecular weight is 268 g/mol. The summed E-state index contributed by atoms with van der Waals surface area (Å²) in [4.78, 5) is 10.7. The first-order chi connectivity index (χ1) is 7.22. The number of carbonyl (C=O) groups is 1. The molecule has 0 bridgehead atoms. The van der Waals surface area contributed by atoms with E-state index in [4.69, 9.17) is 0 Å². The van der Waals surface area contributed by atoms with E-state index in [1.54, 1.807) is 35.0 Å². The highest BCUT2D eigenvalue weighted by Gasteiger charge is 2.05. The molecule has 0 radical (unpaired) electrons. The lowest BCUT2D eigenvalue weighted by molar-refractivity contribution is 0.111. The van der Waals surface area contributed by atoms with Crippen molar-refractivity contribution in [1.82, 2.24) is 4.57 Å². The van der Waals surface area contributed by atoms with Gasteiger partial charge in [-0.3, -0.25) is 4.79 Å². The van der Waals surface area contributed by atoms with E-state index in [9.17, 15) is 9.18 Å². The van der Waals surface area contributed by atoms with E-state index in [1.165, 1.54) is 6.07 Å².